The number of amides is 2. The molecule has 0 aliphatic carbocycles. The lowest BCUT2D eigenvalue weighted by Gasteiger charge is -2.19. The van der Waals surface area contributed by atoms with Gasteiger partial charge < -0.3 is 20.1 Å². The average Bonchev–Trinajstić information content (AvgIpc) is 2.86. The Bertz CT molecular complexity index is 530. The van der Waals surface area contributed by atoms with Gasteiger partial charge in [0.15, 0.2) is 0 Å². The lowest BCUT2D eigenvalue weighted by atomic mass is 10.1. The van der Waals surface area contributed by atoms with Gasteiger partial charge in [0.05, 0.1) is 24.8 Å². The smallest absolute Gasteiger partial charge is 0.227 e. The summed E-state index contributed by atoms with van der Waals surface area (Å²) in [4.78, 5) is 25.7. The van der Waals surface area contributed by atoms with Gasteiger partial charge in [-0.3, -0.25) is 9.59 Å². The number of nitrogens with zero attached hydrogens (tertiary/aromatic N) is 1. The van der Waals surface area contributed by atoms with Gasteiger partial charge in [0.25, 0.3) is 0 Å². The Kier molecular flexibility index (Phi) is 4.80. The van der Waals surface area contributed by atoms with Crippen molar-refractivity contribution in [2.45, 2.75) is 19.4 Å². The van der Waals surface area contributed by atoms with Crippen LogP contribution in [0.3, 0.4) is 0 Å². The third-order valence-electron chi connectivity index (χ3n) is 3.44. The van der Waals surface area contributed by atoms with Crippen molar-refractivity contribution >= 4 is 17.5 Å². The minimum absolute atomic E-state index is 0.100. The first-order valence-corrected chi connectivity index (χ1v) is 6.92. The van der Waals surface area contributed by atoms with E-state index in [1.165, 1.54) is 0 Å². The highest BCUT2D eigenvalue weighted by molar-refractivity contribution is 6.01. The number of carbonyl (C=O) groups is 2. The molecule has 1 heterocycles. The standard InChI is InChI=1S/C15H20N2O4/c1-10(18)8-16-15(20)11-7-14(19)17(9-11)12-5-3-4-6-13(12)21-2/h3-6,10-11,18H,7-9H2,1-2H3,(H,16,20). The number of aliphatic hydroxyl groups excluding tert-OH is 1. The van der Waals surface area contributed by atoms with Crippen molar-refractivity contribution in [3.63, 3.8) is 0 Å². The summed E-state index contributed by atoms with van der Waals surface area (Å²) in [7, 11) is 1.55. The Hall–Kier alpha value is -2.08. The van der Waals surface area contributed by atoms with Gasteiger partial charge in [-0.15, -0.1) is 0 Å². The molecule has 114 valence electrons. The summed E-state index contributed by atoms with van der Waals surface area (Å²) in [5.74, 6) is -0.101. The molecule has 1 aromatic rings. The molecule has 2 unspecified atom stereocenters. The van der Waals surface area contributed by atoms with Gasteiger partial charge in [-0.05, 0) is 19.1 Å². The molecule has 0 bridgehead atoms. The van der Waals surface area contributed by atoms with Crippen LogP contribution in [0.2, 0.25) is 0 Å². The predicted molar refractivity (Wildman–Crippen MR) is 78.1 cm³/mol. The third kappa shape index (κ3) is 3.52. The third-order valence-corrected chi connectivity index (χ3v) is 3.44. The number of anilines is 1. The second kappa shape index (κ2) is 6.58. The van der Waals surface area contributed by atoms with Crippen LogP contribution in [-0.2, 0) is 9.59 Å². The van der Waals surface area contributed by atoms with Crippen molar-refractivity contribution in [2.75, 3.05) is 25.1 Å². The molecular formula is C15H20N2O4. The van der Waals surface area contributed by atoms with E-state index in [0.29, 0.717) is 18.0 Å². The van der Waals surface area contributed by atoms with E-state index in [9.17, 15) is 14.7 Å². The Labute approximate surface area is 123 Å². The van der Waals surface area contributed by atoms with Crippen molar-refractivity contribution in [1.82, 2.24) is 5.32 Å². The minimum atomic E-state index is -0.601. The number of nitrogens with one attached hydrogen (secondary N) is 1. The first-order chi connectivity index (χ1) is 10.0. The summed E-state index contributed by atoms with van der Waals surface area (Å²) in [6.45, 7) is 2.12. The number of hydrogen-bond donors (Lipinski definition) is 2. The van der Waals surface area contributed by atoms with Crippen LogP contribution in [0.1, 0.15) is 13.3 Å². The summed E-state index contributed by atoms with van der Waals surface area (Å²) in [6, 6.07) is 7.23. The van der Waals surface area contributed by atoms with E-state index in [1.807, 2.05) is 12.1 Å². The highest BCUT2D eigenvalue weighted by Gasteiger charge is 2.36. The van der Waals surface area contributed by atoms with E-state index in [1.54, 1.807) is 31.1 Å². The zero-order chi connectivity index (χ0) is 15.4. The zero-order valence-electron chi connectivity index (χ0n) is 12.2. The van der Waals surface area contributed by atoms with Crippen molar-refractivity contribution in [1.29, 1.82) is 0 Å². The second-order valence-corrected chi connectivity index (χ2v) is 5.17. The molecule has 1 aromatic carbocycles. The van der Waals surface area contributed by atoms with Crippen LogP contribution in [0.15, 0.2) is 24.3 Å². The fourth-order valence-electron chi connectivity index (χ4n) is 2.36. The Morgan fingerprint density at radius 1 is 1.52 bits per heavy atom. The van der Waals surface area contributed by atoms with Crippen LogP contribution >= 0.6 is 0 Å². The molecule has 0 saturated carbocycles. The summed E-state index contributed by atoms with van der Waals surface area (Å²) < 4.78 is 5.25. The first kappa shape index (κ1) is 15.3. The summed E-state index contributed by atoms with van der Waals surface area (Å²) in [5.41, 5.74) is 0.677. The first-order valence-electron chi connectivity index (χ1n) is 6.92. The Balaban J connectivity index is 2.07. The van der Waals surface area contributed by atoms with Gasteiger partial charge in [0.1, 0.15) is 5.75 Å². The quantitative estimate of drug-likeness (QED) is 0.830. The lowest BCUT2D eigenvalue weighted by Crippen LogP contribution is -2.36. The highest BCUT2D eigenvalue weighted by Crippen LogP contribution is 2.32. The number of ether oxygens (including phenoxy) is 1. The fourth-order valence-corrected chi connectivity index (χ4v) is 2.36. The van der Waals surface area contributed by atoms with Crippen molar-refractivity contribution in [2.24, 2.45) is 5.92 Å². The largest absolute Gasteiger partial charge is 0.495 e. The van der Waals surface area contributed by atoms with E-state index < -0.39 is 12.0 Å². The van der Waals surface area contributed by atoms with E-state index in [2.05, 4.69) is 5.32 Å². The topological polar surface area (TPSA) is 78.9 Å². The number of hydrogen-bond acceptors (Lipinski definition) is 4. The molecule has 6 nitrogen and oxygen atoms in total. The molecule has 1 fully saturated rings. The maximum Gasteiger partial charge on any atom is 0.227 e. The van der Waals surface area contributed by atoms with Crippen molar-refractivity contribution < 1.29 is 19.4 Å². The normalized spacial score (nSPS) is 19.5. The summed E-state index contributed by atoms with van der Waals surface area (Å²) in [5, 5.41) is 11.8. The number of rotatable bonds is 5. The van der Waals surface area contributed by atoms with Gasteiger partial charge in [0.2, 0.25) is 11.8 Å². The summed E-state index contributed by atoms with van der Waals surface area (Å²) in [6.07, 6.45) is -0.430. The lowest BCUT2D eigenvalue weighted by molar-refractivity contribution is -0.126. The molecule has 1 aliphatic rings. The molecular weight excluding hydrogens is 272 g/mol. The fraction of sp³-hybridized carbons (Fsp3) is 0.467. The minimum Gasteiger partial charge on any atom is -0.495 e. The monoisotopic (exact) mass is 292 g/mol. The molecule has 1 saturated heterocycles. The maximum absolute atomic E-state index is 12.1. The van der Waals surface area contributed by atoms with Crippen LogP contribution in [0, 0.1) is 5.92 Å². The Morgan fingerprint density at radius 3 is 2.90 bits per heavy atom. The van der Waals surface area contributed by atoms with E-state index in [4.69, 9.17) is 4.74 Å². The second-order valence-electron chi connectivity index (χ2n) is 5.17. The molecule has 1 aliphatic heterocycles. The molecule has 2 atom stereocenters. The highest BCUT2D eigenvalue weighted by atomic mass is 16.5. The maximum atomic E-state index is 12.1. The van der Waals surface area contributed by atoms with Gasteiger partial charge in [-0.25, -0.2) is 0 Å². The van der Waals surface area contributed by atoms with Gasteiger partial charge >= 0.3 is 0 Å². The van der Waals surface area contributed by atoms with Gasteiger partial charge in [-0.1, -0.05) is 12.1 Å². The zero-order valence-corrected chi connectivity index (χ0v) is 12.2. The van der Waals surface area contributed by atoms with Crippen LogP contribution in [0.25, 0.3) is 0 Å². The van der Waals surface area contributed by atoms with E-state index in [-0.39, 0.29) is 24.8 Å². The molecule has 0 radical (unpaired) electrons. The molecule has 2 amide bonds. The summed E-state index contributed by atoms with van der Waals surface area (Å²) >= 11 is 0. The number of benzene rings is 1. The SMILES string of the molecule is COc1ccccc1N1CC(C(=O)NCC(C)O)CC1=O. The van der Waals surface area contributed by atoms with Crippen LogP contribution in [0.4, 0.5) is 5.69 Å². The van der Waals surface area contributed by atoms with Crippen LogP contribution in [-0.4, -0.2) is 43.2 Å². The van der Waals surface area contributed by atoms with E-state index in [0.717, 1.165) is 0 Å². The van der Waals surface area contributed by atoms with Crippen molar-refractivity contribution in [3.05, 3.63) is 24.3 Å². The van der Waals surface area contributed by atoms with Crippen LogP contribution < -0.4 is 15.0 Å². The molecule has 0 spiro atoms. The van der Waals surface area contributed by atoms with Gasteiger partial charge in [-0.2, -0.15) is 0 Å². The molecule has 2 N–H and O–H groups in total. The average molecular weight is 292 g/mol. The molecule has 0 aromatic heterocycles. The van der Waals surface area contributed by atoms with E-state index >= 15 is 0 Å². The van der Waals surface area contributed by atoms with Crippen LogP contribution in [0.5, 0.6) is 5.75 Å². The number of aliphatic hydroxyl groups is 1. The van der Waals surface area contributed by atoms with Crippen molar-refractivity contribution in [3.8, 4) is 5.75 Å². The molecule has 6 heteroatoms. The van der Waals surface area contributed by atoms with Gasteiger partial charge in [0, 0.05) is 19.5 Å². The number of methoxy groups -OCH3 is 1. The predicted octanol–water partition coefficient (Wildman–Crippen LogP) is 0.545. The number of carbonyl (C=O) groups excluding carboxylic acids is 2. The number of para-hydroxylation sites is 2. The Morgan fingerprint density at radius 2 is 2.24 bits per heavy atom. The molecule has 21 heavy (non-hydrogen) atoms. The molecule has 2 rings (SSSR count).